The minimum atomic E-state index is -0.459. The fourth-order valence-corrected chi connectivity index (χ4v) is 2.70. The molecule has 0 aliphatic carbocycles. The first-order chi connectivity index (χ1) is 11.3. The Balaban J connectivity index is 2.09. The van der Waals surface area contributed by atoms with Crippen molar-refractivity contribution in [3.8, 4) is 11.4 Å². The van der Waals surface area contributed by atoms with Crippen molar-refractivity contribution >= 4 is 10.9 Å². The van der Waals surface area contributed by atoms with E-state index in [0.29, 0.717) is 6.61 Å². The molecule has 3 aromatic rings. The largest absolute Gasteiger partial charge is 0.350 e. The Morgan fingerprint density at radius 3 is 2.65 bits per heavy atom. The van der Waals surface area contributed by atoms with Gasteiger partial charge in [-0.05, 0) is 32.0 Å². The molecule has 0 saturated heterocycles. The van der Waals surface area contributed by atoms with Gasteiger partial charge in [-0.1, -0.05) is 24.3 Å². The second kappa shape index (κ2) is 6.89. The topological polar surface area (TPSA) is 49.2 Å². The lowest BCUT2D eigenvalue weighted by molar-refractivity contribution is -0.126. The van der Waals surface area contributed by atoms with Crippen LogP contribution in [0.25, 0.3) is 22.3 Å². The maximum atomic E-state index is 5.57. The molecule has 0 fully saturated rings. The third kappa shape index (κ3) is 2.98. The van der Waals surface area contributed by atoms with Gasteiger partial charge in [0.15, 0.2) is 0 Å². The van der Waals surface area contributed by atoms with E-state index in [4.69, 9.17) is 19.6 Å². The number of ether oxygens (including phenoxy) is 2. The van der Waals surface area contributed by atoms with Gasteiger partial charge in [0.25, 0.3) is 0 Å². The highest BCUT2D eigenvalue weighted by Crippen LogP contribution is 2.28. The first-order valence-corrected chi connectivity index (χ1v) is 7.85. The average molecular weight is 311 g/mol. The third-order valence-electron chi connectivity index (χ3n) is 3.74. The first kappa shape index (κ1) is 15.6. The van der Waals surface area contributed by atoms with Crippen molar-refractivity contribution in [2.24, 2.45) is 0 Å². The zero-order valence-electron chi connectivity index (χ0n) is 13.7. The number of aryl methyl sites for hydroxylation is 1. The van der Waals surface area contributed by atoms with Crippen LogP contribution in [0.5, 0.6) is 0 Å². The molecule has 1 aromatic carbocycles. The molecular formula is C18H21N3O2. The van der Waals surface area contributed by atoms with Gasteiger partial charge in [0.2, 0.25) is 6.29 Å². The van der Waals surface area contributed by atoms with Crippen molar-refractivity contribution in [2.75, 3.05) is 13.7 Å². The molecule has 1 unspecified atom stereocenters. The van der Waals surface area contributed by atoms with E-state index >= 15 is 0 Å². The number of para-hydroxylation sites is 1. The summed E-state index contributed by atoms with van der Waals surface area (Å²) in [6.07, 6.45) is -0.459. The van der Waals surface area contributed by atoms with E-state index in [-0.39, 0.29) is 0 Å². The maximum absolute atomic E-state index is 5.57. The molecule has 2 aromatic heterocycles. The van der Waals surface area contributed by atoms with Crippen LogP contribution in [0.3, 0.4) is 0 Å². The van der Waals surface area contributed by atoms with E-state index in [0.717, 1.165) is 34.5 Å². The molecule has 0 N–H and O–H groups in total. The number of pyridine rings is 1. The van der Waals surface area contributed by atoms with Crippen LogP contribution in [0.2, 0.25) is 0 Å². The second-order valence-electron chi connectivity index (χ2n) is 5.15. The monoisotopic (exact) mass is 311 g/mol. The van der Waals surface area contributed by atoms with Gasteiger partial charge in [-0.3, -0.25) is 4.68 Å². The minimum Gasteiger partial charge on any atom is -0.350 e. The van der Waals surface area contributed by atoms with E-state index in [1.807, 2.05) is 41.9 Å². The highest BCUT2D eigenvalue weighted by molar-refractivity contribution is 5.92. The molecule has 5 heteroatoms. The van der Waals surface area contributed by atoms with Crippen LogP contribution in [0.15, 0.2) is 42.5 Å². The summed E-state index contributed by atoms with van der Waals surface area (Å²) in [6.45, 7) is 5.41. The molecule has 0 bridgehead atoms. The third-order valence-corrected chi connectivity index (χ3v) is 3.74. The lowest BCUT2D eigenvalue weighted by Crippen LogP contribution is -2.08. The van der Waals surface area contributed by atoms with Gasteiger partial charge < -0.3 is 9.47 Å². The Morgan fingerprint density at radius 2 is 1.91 bits per heavy atom. The standard InChI is InChI=1S/C18H21N3O2/c1-4-21-16-12-7-6-9-13(16)17(20-21)14-10-8-11-15(19-14)18(22-3)23-5-2/h6-12,18H,4-5H2,1-3H3. The van der Waals surface area contributed by atoms with Gasteiger partial charge in [0, 0.05) is 25.6 Å². The first-order valence-electron chi connectivity index (χ1n) is 7.85. The van der Waals surface area contributed by atoms with E-state index < -0.39 is 6.29 Å². The normalized spacial score (nSPS) is 12.7. The van der Waals surface area contributed by atoms with Gasteiger partial charge in [-0.15, -0.1) is 0 Å². The number of benzene rings is 1. The Kier molecular flexibility index (Phi) is 4.69. The van der Waals surface area contributed by atoms with Crippen LogP contribution in [0, 0.1) is 0 Å². The molecule has 0 amide bonds. The fraction of sp³-hybridized carbons (Fsp3) is 0.333. The predicted octanol–water partition coefficient (Wildman–Crippen LogP) is 3.80. The molecule has 120 valence electrons. The SMILES string of the molecule is CCOC(OC)c1cccc(-c2nn(CC)c3ccccc23)n1. The fourth-order valence-electron chi connectivity index (χ4n) is 2.70. The van der Waals surface area contributed by atoms with Crippen LogP contribution in [0.1, 0.15) is 25.8 Å². The number of fused-ring (bicyclic) bond motifs is 1. The number of hydrogen-bond acceptors (Lipinski definition) is 4. The maximum Gasteiger partial charge on any atom is 0.200 e. The molecule has 23 heavy (non-hydrogen) atoms. The number of hydrogen-bond donors (Lipinski definition) is 0. The van der Waals surface area contributed by atoms with Crippen LogP contribution < -0.4 is 0 Å². The predicted molar refractivity (Wildman–Crippen MR) is 90.0 cm³/mol. The van der Waals surface area contributed by atoms with Gasteiger partial charge in [-0.25, -0.2) is 4.98 Å². The average Bonchev–Trinajstić information content (AvgIpc) is 2.98. The molecule has 5 nitrogen and oxygen atoms in total. The van der Waals surface area contributed by atoms with Crippen LogP contribution in [0.4, 0.5) is 0 Å². The summed E-state index contributed by atoms with van der Waals surface area (Å²) >= 11 is 0. The lowest BCUT2D eigenvalue weighted by Gasteiger charge is -2.14. The number of aromatic nitrogens is 3. The van der Waals surface area contributed by atoms with E-state index in [1.165, 1.54) is 0 Å². The molecule has 0 aliphatic heterocycles. The Bertz CT molecular complexity index is 798. The zero-order valence-corrected chi connectivity index (χ0v) is 13.7. The van der Waals surface area contributed by atoms with Crippen molar-refractivity contribution < 1.29 is 9.47 Å². The molecule has 0 saturated carbocycles. The lowest BCUT2D eigenvalue weighted by atomic mass is 10.1. The highest BCUT2D eigenvalue weighted by atomic mass is 16.7. The quantitative estimate of drug-likeness (QED) is 0.650. The Hall–Kier alpha value is -2.24. The van der Waals surface area contributed by atoms with Gasteiger partial charge in [0.1, 0.15) is 5.69 Å². The summed E-state index contributed by atoms with van der Waals surface area (Å²) in [7, 11) is 1.62. The van der Waals surface area contributed by atoms with E-state index in [2.05, 4.69) is 19.1 Å². The number of methoxy groups -OCH3 is 1. The van der Waals surface area contributed by atoms with E-state index in [1.54, 1.807) is 7.11 Å². The Morgan fingerprint density at radius 1 is 1.09 bits per heavy atom. The summed E-state index contributed by atoms with van der Waals surface area (Å²) in [5, 5.41) is 5.82. The zero-order chi connectivity index (χ0) is 16.2. The van der Waals surface area contributed by atoms with Crippen molar-refractivity contribution in [3.63, 3.8) is 0 Å². The molecule has 2 heterocycles. The van der Waals surface area contributed by atoms with E-state index in [9.17, 15) is 0 Å². The van der Waals surface area contributed by atoms with Crippen molar-refractivity contribution in [1.82, 2.24) is 14.8 Å². The van der Waals surface area contributed by atoms with Gasteiger partial charge >= 0.3 is 0 Å². The van der Waals surface area contributed by atoms with Crippen LogP contribution in [-0.4, -0.2) is 28.5 Å². The minimum absolute atomic E-state index is 0.459. The molecule has 0 spiro atoms. The summed E-state index contributed by atoms with van der Waals surface area (Å²) < 4.78 is 12.9. The Labute approximate surface area is 135 Å². The van der Waals surface area contributed by atoms with Crippen LogP contribution in [-0.2, 0) is 16.0 Å². The number of rotatable bonds is 6. The van der Waals surface area contributed by atoms with Crippen molar-refractivity contribution in [2.45, 2.75) is 26.7 Å². The molecule has 0 radical (unpaired) electrons. The molecular weight excluding hydrogens is 290 g/mol. The smallest absolute Gasteiger partial charge is 0.200 e. The molecule has 0 aliphatic rings. The summed E-state index contributed by atoms with van der Waals surface area (Å²) in [5.41, 5.74) is 3.58. The second-order valence-corrected chi connectivity index (χ2v) is 5.15. The van der Waals surface area contributed by atoms with Crippen molar-refractivity contribution in [3.05, 3.63) is 48.2 Å². The summed E-state index contributed by atoms with van der Waals surface area (Å²) in [4.78, 5) is 4.70. The number of nitrogens with zero attached hydrogens (tertiary/aromatic N) is 3. The van der Waals surface area contributed by atoms with Gasteiger partial charge in [0.05, 0.1) is 16.9 Å². The van der Waals surface area contributed by atoms with Crippen molar-refractivity contribution in [1.29, 1.82) is 0 Å². The van der Waals surface area contributed by atoms with Gasteiger partial charge in [-0.2, -0.15) is 5.10 Å². The van der Waals surface area contributed by atoms with Crippen LogP contribution >= 0.6 is 0 Å². The molecule has 1 atom stereocenters. The summed E-state index contributed by atoms with van der Waals surface area (Å²) in [6, 6.07) is 14.0. The molecule has 3 rings (SSSR count). The summed E-state index contributed by atoms with van der Waals surface area (Å²) in [5.74, 6) is 0. The highest BCUT2D eigenvalue weighted by Gasteiger charge is 2.16.